The Labute approximate surface area is 174 Å². The third-order valence-corrected chi connectivity index (χ3v) is 7.69. The van der Waals surface area contributed by atoms with E-state index in [1.165, 1.54) is 36.1 Å². The minimum atomic E-state index is -3.52. The molecule has 0 bridgehead atoms. The molecule has 1 atom stereocenters. The molecule has 5 nitrogen and oxygen atoms in total. The zero-order chi connectivity index (χ0) is 20.4. The van der Waals surface area contributed by atoms with Gasteiger partial charge in [-0.25, -0.2) is 13.1 Å². The molecule has 156 valence electrons. The Bertz CT molecular complexity index is 951. The molecule has 0 spiro atoms. The molecule has 2 aromatic rings. The monoisotopic (exact) mass is 413 g/mol. The molecule has 1 unspecified atom stereocenters. The summed E-state index contributed by atoms with van der Waals surface area (Å²) in [6, 6.07) is 13.8. The van der Waals surface area contributed by atoms with Crippen LogP contribution in [-0.4, -0.2) is 46.5 Å². The second-order valence-electron chi connectivity index (χ2n) is 8.34. The number of nitrogens with one attached hydrogen (secondary N) is 1. The lowest BCUT2D eigenvalue weighted by Gasteiger charge is -2.35. The van der Waals surface area contributed by atoms with E-state index in [4.69, 9.17) is 0 Å². The Morgan fingerprint density at radius 2 is 1.72 bits per heavy atom. The number of hydrogen-bond donors (Lipinski definition) is 1. The summed E-state index contributed by atoms with van der Waals surface area (Å²) in [5.74, 6) is 0. The molecule has 2 aliphatic heterocycles. The van der Waals surface area contributed by atoms with Crippen LogP contribution in [0.5, 0.6) is 0 Å². The largest absolute Gasteiger partial charge is 0.374 e. The molecule has 1 saturated heterocycles. The zero-order valence-corrected chi connectivity index (χ0v) is 18.2. The van der Waals surface area contributed by atoms with Crippen molar-refractivity contribution >= 4 is 15.7 Å². The molecule has 2 aromatic carbocycles. The Morgan fingerprint density at radius 1 is 1.00 bits per heavy atom. The molecule has 29 heavy (non-hydrogen) atoms. The van der Waals surface area contributed by atoms with Crippen LogP contribution in [0.25, 0.3) is 0 Å². The summed E-state index contributed by atoms with van der Waals surface area (Å²) in [5, 5.41) is 0. The van der Waals surface area contributed by atoms with E-state index in [1.54, 1.807) is 12.1 Å². The lowest BCUT2D eigenvalue weighted by molar-refractivity contribution is 0.164. The fourth-order valence-electron chi connectivity index (χ4n) is 4.47. The van der Waals surface area contributed by atoms with Crippen molar-refractivity contribution in [2.45, 2.75) is 43.5 Å². The van der Waals surface area contributed by atoms with Crippen molar-refractivity contribution in [3.8, 4) is 0 Å². The minimum absolute atomic E-state index is 0.0618. The lowest BCUT2D eigenvalue weighted by atomic mass is 9.99. The van der Waals surface area contributed by atoms with Gasteiger partial charge in [0.15, 0.2) is 0 Å². The van der Waals surface area contributed by atoms with Gasteiger partial charge in [-0.2, -0.15) is 0 Å². The molecular weight excluding hydrogens is 382 g/mol. The minimum Gasteiger partial charge on any atom is -0.374 e. The van der Waals surface area contributed by atoms with Gasteiger partial charge in [-0.3, -0.25) is 4.90 Å². The number of likely N-dealkylation sites (N-methyl/N-ethyl adjacent to an activating group) is 1. The lowest BCUT2D eigenvalue weighted by Crippen LogP contribution is -2.40. The van der Waals surface area contributed by atoms with Crippen molar-refractivity contribution in [2.24, 2.45) is 0 Å². The molecule has 0 radical (unpaired) electrons. The standard InChI is InChI=1S/C23H31N3O2S/c1-18-6-9-21(10-7-18)29(27,28)24-17-23(26-13-4-3-5-14-26)19-8-11-22-20(16-19)12-15-25(22)2/h6-11,16,23-24H,3-5,12-15,17H2,1-2H3. The number of fused-ring (bicyclic) bond motifs is 1. The fraction of sp³-hybridized carbons (Fsp3) is 0.478. The van der Waals surface area contributed by atoms with Crippen LogP contribution in [0.15, 0.2) is 47.4 Å². The van der Waals surface area contributed by atoms with E-state index >= 15 is 0 Å². The highest BCUT2D eigenvalue weighted by molar-refractivity contribution is 7.89. The van der Waals surface area contributed by atoms with Crippen LogP contribution in [0.4, 0.5) is 5.69 Å². The third kappa shape index (κ3) is 4.49. The molecule has 0 aromatic heterocycles. The molecule has 6 heteroatoms. The van der Waals surface area contributed by atoms with Crippen molar-refractivity contribution in [3.63, 3.8) is 0 Å². The summed E-state index contributed by atoms with van der Waals surface area (Å²) < 4.78 is 28.6. The Kier molecular flexibility index (Phi) is 5.95. The van der Waals surface area contributed by atoms with Gasteiger partial charge >= 0.3 is 0 Å². The SMILES string of the molecule is Cc1ccc(S(=O)(=O)NCC(c2ccc3c(c2)CCN3C)N2CCCCC2)cc1. The number of likely N-dealkylation sites (tertiary alicyclic amines) is 1. The third-order valence-electron chi connectivity index (χ3n) is 6.25. The maximum atomic E-state index is 12.9. The summed E-state index contributed by atoms with van der Waals surface area (Å²) in [6.45, 7) is 5.45. The first kappa shape index (κ1) is 20.4. The van der Waals surface area contributed by atoms with Gasteiger partial charge in [0.1, 0.15) is 0 Å². The van der Waals surface area contributed by atoms with Gasteiger partial charge in [-0.15, -0.1) is 0 Å². The topological polar surface area (TPSA) is 52.7 Å². The summed E-state index contributed by atoms with van der Waals surface area (Å²) >= 11 is 0. The van der Waals surface area contributed by atoms with E-state index in [0.717, 1.165) is 31.6 Å². The van der Waals surface area contributed by atoms with E-state index in [9.17, 15) is 8.42 Å². The smallest absolute Gasteiger partial charge is 0.240 e. The Hall–Kier alpha value is -1.89. The van der Waals surface area contributed by atoms with Crippen molar-refractivity contribution in [2.75, 3.05) is 38.1 Å². The number of rotatable bonds is 6. The first-order valence-corrected chi connectivity index (χ1v) is 12.1. The van der Waals surface area contributed by atoms with Gasteiger partial charge in [0, 0.05) is 31.9 Å². The van der Waals surface area contributed by atoms with E-state index in [-0.39, 0.29) is 6.04 Å². The molecule has 0 amide bonds. The van der Waals surface area contributed by atoms with Crippen molar-refractivity contribution < 1.29 is 8.42 Å². The number of benzene rings is 2. The molecule has 1 N–H and O–H groups in total. The maximum Gasteiger partial charge on any atom is 0.240 e. The first-order chi connectivity index (χ1) is 13.9. The molecule has 0 saturated carbocycles. The Morgan fingerprint density at radius 3 is 2.45 bits per heavy atom. The van der Waals surface area contributed by atoms with Crippen LogP contribution in [-0.2, 0) is 16.4 Å². The molecule has 4 rings (SSSR count). The van der Waals surface area contributed by atoms with E-state index in [1.807, 2.05) is 19.1 Å². The van der Waals surface area contributed by atoms with Crippen LogP contribution in [0.2, 0.25) is 0 Å². The summed E-state index contributed by atoms with van der Waals surface area (Å²) in [7, 11) is -1.40. The highest BCUT2D eigenvalue weighted by Gasteiger charge is 2.26. The average Bonchev–Trinajstić information content (AvgIpc) is 3.09. The van der Waals surface area contributed by atoms with Gasteiger partial charge < -0.3 is 4.90 Å². The van der Waals surface area contributed by atoms with Crippen molar-refractivity contribution in [1.29, 1.82) is 0 Å². The summed E-state index contributed by atoms with van der Waals surface area (Å²) in [4.78, 5) is 5.06. The number of piperidine rings is 1. The van der Waals surface area contributed by atoms with Crippen LogP contribution in [0.3, 0.4) is 0 Å². The van der Waals surface area contributed by atoms with E-state index in [0.29, 0.717) is 11.4 Å². The number of anilines is 1. The maximum absolute atomic E-state index is 12.9. The van der Waals surface area contributed by atoms with Gasteiger partial charge in [-0.05, 0) is 68.6 Å². The van der Waals surface area contributed by atoms with Gasteiger partial charge in [0.05, 0.1) is 4.90 Å². The number of nitrogens with zero attached hydrogens (tertiary/aromatic N) is 2. The highest BCUT2D eigenvalue weighted by Crippen LogP contribution is 2.32. The average molecular weight is 414 g/mol. The predicted octanol–water partition coefficient (Wildman–Crippen LogP) is 3.49. The number of sulfonamides is 1. The van der Waals surface area contributed by atoms with Crippen molar-refractivity contribution in [1.82, 2.24) is 9.62 Å². The summed E-state index contributed by atoms with van der Waals surface area (Å²) in [6.07, 6.45) is 4.67. The summed E-state index contributed by atoms with van der Waals surface area (Å²) in [5.41, 5.74) is 4.94. The van der Waals surface area contributed by atoms with Crippen LogP contribution in [0, 0.1) is 6.92 Å². The number of aryl methyl sites for hydroxylation is 1. The predicted molar refractivity (Wildman–Crippen MR) is 118 cm³/mol. The second-order valence-corrected chi connectivity index (χ2v) is 10.1. The fourth-order valence-corrected chi connectivity index (χ4v) is 5.51. The highest BCUT2D eigenvalue weighted by atomic mass is 32.2. The molecule has 1 fully saturated rings. The second kappa shape index (κ2) is 8.46. The molecule has 2 heterocycles. The molecule has 2 aliphatic rings. The van der Waals surface area contributed by atoms with Gasteiger partial charge in [0.2, 0.25) is 10.0 Å². The van der Waals surface area contributed by atoms with Crippen LogP contribution in [0.1, 0.15) is 42.0 Å². The Balaban J connectivity index is 1.57. The van der Waals surface area contributed by atoms with E-state index < -0.39 is 10.0 Å². The van der Waals surface area contributed by atoms with Crippen LogP contribution < -0.4 is 9.62 Å². The normalized spacial score (nSPS) is 18.6. The van der Waals surface area contributed by atoms with Gasteiger partial charge in [0.25, 0.3) is 0 Å². The zero-order valence-electron chi connectivity index (χ0n) is 17.4. The molecule has 0 aliphatic carbocycles. The molecular formula is C23H31N3O2S. The first-order valence-electron chi connectivity index (χ1n) is 10.6. The van der Waals surface area contributed by atoms with E-state index in [2.05, 4.69) is 39.8 Å². The van der Waals surface area contributed by atoms with Crippen LogP contribution >= 0.6 is 0 Å². The number of hydrogen-bond acceptors (Lipinski definition) is 4. The van der Waals surface area contributed by atoms with Crippen molar-refractivity contribution in [3.05, 3.63) is 59.2 Å². The quantitative estimate of drug-likeness (QED) is 0.788. The van der Waals surface area contributed by atoms with Gasteiger partial charge in [-0.1, -0.05) is 36.2 Å².